The molecule has 2 rings (SSSR count). The lowest BCUT2D eigenvalue weighted by Crippen LogP contribution is -2.19. The zero-order valence-corrected chi connectivity index (χ0v) is 11.3. The Morgan fingerprint density at radius 1 is 1.26 bits per heavy atom. The lowest BCUT2D eigenvalue weighted by molar-refractivity contribution is 0.862. The molecule has 0 saturated carbocycles. The van der Waals surface area contributed by atoms with Crippen LogP contribution in [0.3, 0.4) is 0 Å². The van der Waals surface area contributed by atoms with Gasteiger partial charge < -0.3 is 4.90 Å². The molecule has 1 aromatic carbocycles. The first-order chi connectivity index (χ1) is 9.22. The average molecular weight is 273 g/mol. The van der Waals surface area contributed by atoms with E-state index in [2.05, 4.69) is 16.0 Å². The third kappa shape index (κ3) is 3.43. The number of aromatic nitrogens is 2. The highest BCUT2D eigenvalue weighted by Gasteiger charge is 2.05. The second-order valence-electron chi connectivity index (χ2n) is 4.19. The molecule has 5 heteroatoms. The quantitative estimate of drug-likeness (QED) is 0.803. The minimum atomic E-state index is 0.411. The van der Waals surface area contributed by atoms with Gasteiger partial charge in [-0.15, -0.1) is 11.6 Å². The van der Waals surface area contributed by atoms with Crippen LogP contribution in [0.1, 0.15) is 16.7 Å². The molecule has 0 spiro atoms. The molecule has 1 aromatic heterocycles. The fraction of sp³-hybridized carbons (Fsp3) is 0.214. The van der Waals surface area contributed by atoms with Gasteiger partial charge in [0.1, 0.15) is 0 Å². The number of nitriles is 1. The van der Waals surface area contributed by atoms with Crippen molar-refractivity contribution in [2.75, 3.05) is 11.9 Å². The van der Waals surface area contributed by atoms with E-state index in [1.165, 1.54) is 0 Å². The third-order valence-corrected chi connectivity index (χ3v) is 2.97. The highest BCUT2D eigenvalue weighted by atomic mass is 35.5. The fourth-order valence-electron chi connectivity index (χ4n) is 1.70. The fourth-order valence-corrected chi connectivity index (χ4v) is 1.84. The maximum absolute atomic E-state index is 8.87. The van der Waals surface area contributed by atoms with Crippen molar-refractivity contribution >= 4 is 17.5 Å². The summed E-state index contributed by atoms with van der Waals surface area (Å²) in [5.41, 5.74) is 2.60. The topological polar surface area (TPSA) is 52.8 Å². The molecule has 0 atom stereocenters. The number of nitrogens with zero attached hydrogens (tertiary/aromatic N) is 4. The number of rotatable bonds is 4. The summed E-state index contributed by atoms with van der Waals surface area (Å²) in [5.74, 6) is 1.05. The van der Waals surface area contributed by atoms with Crippen LogP contribution in [0.25, 0.3) is 0 Å². The molecule has 0 aliphatic carbocycles. The lowest BCUT2D eigenvalue weighted by atomic mass is 10.1. The standard InChI is InChI=1S/C14H13ClN4/c1-19(14-17-8-13(6-15)9-18-14)10-12-4-2-3-11(5-12)7-16/h2-5,8-9H,6,10H2,1H3. The van der Waals surface area contributed by atoms with E-state index in [0.29, 0.717) is 23.9 Å². The molecule has 2 aromatic rings. The van der Waals surface area contributed by atoms with Gasteiger partial charge in [-0.1, -0.05) is 12.1 Å². The van der Waals surface area contributed by atoms with Crippen molar-refractivity contribution in [1.29, 1.82) is 5.26 Å². The van der Waals surface area contributed by atoms with Crippen LogP contribution in [-0.2, 0) is 12.4 Å². The number of anilines is 1. The van der Waals surface area contributed by atoms with Gasteiger partial charge in [0, 0.05) is 31.5 Å². The van der Waals surface area contributed by atoms with Gasteiger partial charge in [-0.2, -0.15) is 5.26 Å². The Balaban J connectivity index is 2.11. The first-order valence-corrected chi connectivity index (χ1v) is 6.33. The molecule has 0 saturated heterocycles. The molecule has 0 bridgehead atoms. The van der Waals surface area contributed by atoms with Gasteiger partial charge in [-0.25, -0.2) is 9.97 Å². The van der Waals surface area contributed by atoms with Crippen LogP contribution in [0.4, 0.5) is 5.95 Å². The number of alkyl halides is 1. The number of hydrogen-bond donors (Lipinski definition) is 0. The Morgan fingerprint density at radius 3 is 2.63 bits per heavy atom. The molecular weight excluding hydrogens is 260 g/mol. The molecule has 0 amide bonds. The number of hydrogen-bond acceptors (Lipinski definition) is 4. The van der Waals surface area contributed by atoms with Crippen molar-refractivity contribution in [2.45, 2.75) is 12.4 Å². The smallest absolute Gasteiger partial charge is 0.225 e. The van der Waals surface area contributed by atoms with Crippen LogP contribution in [0.15, 0.2) is 36.7 Å². The predicted molar refractivity (Wildman–Crippen MR) is 74.9 cm³/mol. The first kappa shape index (κ1) is 13.3. The van der Waals surface area contributed by atoms with Crippen LogP contribution >= 0.6 is 11.6 Å². The summed E-state index contributed by atoms with van der Waals surface area (Å²) in [6.07, 6.45) is 3.44. The van der Waals surface area contributed by atoms with E-state index in [-0.39, 0.29) is 0 Å². The molecule has 0 unspecified atom stereocenters. The lowest BCUT2D eigenvalue weighted by Gasteiger charge is -2.17. The van der Waals surface area contributed by atoms with Gasteiger partial charge >= 0.3 is 0 Å². The summed E-state index contributed by atoms with van der Waals surface area (Å²) >= 11 is 5.70. The van der Waals surface area contributed by atoms with Gasteiger partial charge in [0.25, 0.3) is 0 Å². The average Bonchev–Trinajstić information content (AvgIpc) is 2.47. The zero-order valence-electron chi connectivity index (χ0n) is 10.5. The summed E-state index contributed by atoms with van der Waals surface area (Å²) in [5, 5.41) is 8.87. The van der Waals surface area contributed by atoms with Gasteiger partial charge in [0.15, 0.2) is 0 Å². The molecule has 0 aliphatic rings. The highest BCUT2D eigenvalue weighted by Crippen LogP contribution is 2.12. The zero-order chi connectivity index (χ0) is 13.7. The van der Waals surface area contributed by atoms with Crippen molar-refractivity contribution in [3.8, 4) is 6.07 Å². The van der Waals surface area contributed by atoms with Crippen molar-refractivity contribution < 1.29 is 0 Å². The largest absolute Gasteiger partial charge is 0.340 e. The third-order valence-electron chi connectivity index (χ3n) is 2.66. The Kier molecular flexibility index (Phi) is 4.32. The number of benzene rings is 1. The van der Waals surface area contributed by atoms with Crippen LogP contribution in [0, 0.1) is 11.3 Å². The van der Waals surface area contributed by atoms with Crippen LogP contribution in [0.2, 0.25) is 0 Å². The second kappa shape index (κ2) is 6.17. The van der Waals surface area contributed by atoms with E-state index in [1.54, 1.807) is 18.5 Å². The first-order valence-electron chi connectivity index (χ1n) is 5.80. The van der Waals surface area contributed by atoms with Gasteiger partial charge in [-0.05, 0) is 17.7 Å². The molecule has 4 nitrogen and oxygen atoms in total. The molecule has 1 heterocycles. The normalized spacial score (nSPS) is 9.95. The summed E-state index contributed by atoms with van der Waals surface area (Å²) in [4.78, 5) is 10.4. The van der Waals surface area contributed by atoms with Gasteiger partial charge in [0.2, 0.25) is 5.95 Å². The number of halogens is 1. The maximum atomic E-state index is 8.87. The van der Waals surface area contributed by atoms with Crippen LogP contribution in [-0.4, -0.2) is 17.0 Å². The van der Waals surface area contributed by atoms with Crippen molar-refractivity contribution in [3.05, 3.63) is 53.3 Å². The van der Waals surface area contributed by atoms with Crippen LogP contribution < -0.4 is 4.90 Å². The van der Waals surface area contributed by atoms with Crippen molar-refractivity contribution in [3.63, 3.8) is 0 Å². The van der Waals surface area contributed by atoms with Gasteiger partial charge in [0.05, 0.1) is 17.5 Å². The maximum Gasteiger partial charge on any atom is 0.225 e. The highest BCUT2D eigenvalue weighted by molar-refractivity contribution is 6.17. The predicted octanol–water partition coefficient (Wildman–Crippen LogP) is 2.72. The molecule has 0 fully saturated rings. The Morgan fingerprint density at radius 2 is 2.00 bits per heavy atom. The summed E-state index contributed by atoms with van der Waals surface area (Å²) in [6, 6.07) is 9.63. The Labute approximate surface area is 117 Å². The van der Waals surface area contributed by atoms with E-state index < -0.39 is 0 Å². The molecule has 19 heavy (non-hydrogen) atoms. The Hall–Kier alpha value is -2.12. The molecular formula is C14H13ClN4. The van der Waals surface area contributed by atoms with E-state index in [9.17, 15) is 0 Å². The minimum Gasteiger partial charge on any atom is -0.340 e. The minimum absolute atomic E-state index is 0.411. The van der Waals surface area contributed by atoms with E-state index in [1.807, 2.05) is 30.1 Å². The molecule has 96 valence electrons. The summed E-state index contributed by atoms with van der Waals surface area (Å²) < 4.78 is 0. The van der Waals surface area contributed by atoms with E-state index >= 15 is 0 Å². The Bertz CT molecular complexity index is 589. The van der Waals surface area contributed by atoms with Crippen LogP contribution in [0.5, 0.6) is 0 Å². The second-order valence-corrected chi connectivity index (χ2v) is 4.46. The summed E-state index contributed by atoms with van der Waals surface area (Å²) in [7, 11) is 1.91. The molecule has 0 radical (unpaired) electrons. The van der Waals surface area contributed by atoms with Gasteiger partial charge in [-0.3, -0.25) is 0 Å². The van der Waals surface area contributed by atoms with E-state index in [0.717, 1.165) is 11.1 Å². The monoisotopic (exact) mass is 272 g/mol. The molecule has 0 N–H and O–H groups in total. The SMILES string of the molecule is CN(Cc1cccc(C#N)c1)c1ncc(CCl)cn1. The van der Waals surface area contributed by atoms with Crippen molar-refractivity contribution in [1.82, 2.24) is 9.97 Å². The van der Waals surface area contributed by atoms with Crippen molar-refractivity contribution in [2.24, 2.45) is 0 Å². The summed E-state index contributed by atoms with van der Waals surface area (Å²) in [6.45, 7) is 0.649. The molecule has 0 aliphatic heterocycles. The van der Waals surface area contributed by atoms with E-state index in [4.69, 9.17) is 16.9 Å².